The summed E-state index contributed by atoms with van der Waals surface area (Å²) in [6, 6.07) is 0. The smallest absolute Gasteiger partial charge is 0.225 e. The number of nitrogens with one attached hydrogen (secondary N) is 1. The SMILES string of the molecule is CNC(=O)[C@H]1CN(CC2(O)CCCCCC2)CCN(S(C)(=O)=O)C1. The molecular weight excluding hydrogens is 330 g/mol. The molecule has 1 heterocycles. The van der Waals surface area contributed by atoms with Gasteiger partial charge in [0, 0.05) is 39.8 Å². The monoisotopic (exact) mass is 361 g/mol. The van der Waals surface area contributed by atoms with Crippen molar-refractivity contribution >= 4 is 15.9 Å². The molecule has 1 saturated heterocycles. The van der Waals surface area contributed by atoms with Crippen LogP contribution in [0.15, 0.2) is 0 Å². The summed E-state index contributed by atoms with van der Waals surface area (Å²) in [5, 5.41) is 13.6. The fraction of sp³-hybridized carbons (Fsp3) is 0.938. The summed E-state index contributed by atoms with van der Waals surface area (Å²) in [5.74, 6) is -0.565. The molecule has 8 heteroatoms. The summed E-state index contributed by atoms with van der Waals surface area (Å²) in [4.78, 5) is 14.2. The summed E-state index contributed by atoms with van der Waals surface area (Å²) in [7, 11) is -1.77. The number of amides is 1. The van der Waals surface area contributed by atoms with E-state index in [1.165, 1.54) is 10.6 Å². The summed E-state index contributed by atoms with van der Waals surface area (Å²) in [5.41, 5.74) is -0.718. The van der Waals surface area contributed by atoms with E-state index < -0.39 is 21.5 Å². The van der Waals surface area contributed by atoms with Gasteiger partial charge in [-0.25, -0.2) is 12.7 Å². The van der Waals surface area contributed by atoms with Crippen LogP contribution in [0.3, 0.4) is 0 Å². The van der Waals surface area contributed by atoms with E-state index in [0.29, 0.717) is 26.2 Å². The standard InChI is InChI=1S/C16H31N3O4S/c1-17-15(20)14-11-18(9-10-19(12-14)24(2,22)23)13-16(21)7-5-3-4-6-8-16/h14,21H,3-13H2,1-2H3,(H,17,20)/t14-/m0/s1. The van der Waals surface area contributed by atoms with Crippen LogP contribution in [0.25, 0.3) is 0 Å². The predicted molar refractivity (Wildman–Crippen MR) is 93.1 cm³/mol. The third-order valence-electron chi connectivity index (χ3n) is 5.21. The molecule has 0 unspecified atom stereocenters. The Morgan fingerprint density at radius 2 is 1.79 bits per heavy atom. The van der Waals surface area contributed by atoms with E-state index in [1.54, 1.807) is 7.05 Å². The Bertz CT molecular complexity index is 529. The van der Waals surface area contributed by atoms with Crippen molar-refractivity contribution in [3.05, 3.63) is 0 Å². The molecular formula is C16H31N3O4S. The van der Waals surface area contributed by atoms with E-state index >= 15 is 0 Å². The molecule has 1 aliphatic heterocycles. The molecule has 1 amide bonds. The quantitative estimate of drug-likeness (QED) is 0.689. The molecule has 0 radical (unpaired) electrons. The van der Waals surface area contributed by atoms with Crippen molar-refractivity contribution in [2.75, 3.05) is 46.0 Å². The maximum Gasteiger partial charge on any atom is 0.225 e. The lowest BCUT2D eigenvalue weighted by molar-refractivity contribution is -0.125. The molecule has 1 saturated carbocycles. The second kappa shape index (κ2) is 8.12. The first kappa shape index (κ1) is 19.6. The first-order valence-electron chi connectivity index (χ1n) is 8.85. The molecule has 0 spiro atoms. The maximum absolute atomic E-state index is 12.1. The van der Waals surface area contributed by atoms with Gasteiger partial charge in [-0.3, -0.25) is 9.69 Å². The Morgan fingerprint density at radius 1 is 1.17 bits per heavy atom. The van der Waals surface area contributed by atoms with Crippen molar-refractivity contribution in [3.63, 3.8) is 0 Å². The van der Waals surface area contributed by atoms with E-state index in [-0.39, 0.29) is 12.5 Å². The van der Waals surface area contributed by atoms with E-state index in [9.17, 15) is 18.3 Å². The van der Waals surface area contributed by atoms with Crippen LogP contribution in [0, 0.1) is 5.92 Å². The van der Waals surface area contributed by atoms with Gasteiger partial charge in [-0.1, -0.05) is 25.7 Å². The number of hydrogen-bond donors (Lipinski definition) is 2. The van der Waals surface area contributed by atoms with Crippen molar-refractivity contribution in [2.45, 2.75) is 44.1 Å². The first-order valence-corrected chi connectivity index (χ1v) is 10.7. The van der Waals surface area contributed by atoms with E-state index in [0.717, 1.165) is 38.5 Å². The van der Waals surface area contributed by atoms with Crippen LogP contribution in [0.4, 0.5) is 0 Å². The van der Waals surface area contributed by atoms with Gasteiger partial charge in [-0.2, -0.15) is 0 Å². The molecule has 2 fully saturated rings. The molecule has 1 aliphatic carbocycles. The lowest BCUT2D eigenvalue weighted by Crippen LogP contribution is -2.46. The zero-order valence-corrected chi connectivity index (χ0v) is 15.6. The number of nitrogens with zero attached hydrogens (tertiary/aromatic N) is 2. The Labute approximate surface area is 145 Å². The molecule has 0 bridgehead atoms. The molecule has 7 nitrogen and oxygen atoms in total. The van der Waals surface area contributed by atoms with Crippen LogP contribution in [-0.2, 0) is 14.8 Å². The van der Waals surface area contributed by atoms with Crippen molar-refractivity contribution in [2.24, 2.45) is 5.92 Å². The molecule has 0 aromatic carbocycles. The number of carbonyl (C=O) groups excluding carboxylic acids is 1. The van der Waals surface area contributed by atoms with Gasteiger partial charge in [0.15, 0.2) is 0 Å². The predicted octanol–water partition coefficient (Wildman–Crippen LogP) is 0.0111. The molecule has 0 aromatic rings. The number of β-amino-alcohol motifs (C(OH)–C–C–N with tert-alkyl or cyclic N) is 1. The molecule has 2 N–H and O–H groups in total. The Kier molecular flexibility index (Phi) is 6.64. The fourth-order valence-corrected chi connectivity index (χ4v) is 4.69. The van der Waals surface area contributed by atoms with Crippen LogP contribution < -0.4 is 5.32 Å². The van der Waals surface area contributed by atoms with E-state index in [4.69, 9.17) is 0 Å². The number of sulfonamides is 1. The van der Waals surface area contributed by atoms with Gasteiger partial charge < -0.3 is 10.4 Å². The zero-order valence-electron chi connectivity index (χ0n) is 14.8. The van der Waals surface area contributed by atoms with Crippen molar-refractivity contribution in [1.82, 2.24) is 14.5 Å². The number of hydrogen-bond acceptors (Lipinski definition) is 5. The second-order valence-electron chi connectivity index (χ2n) is 7.31. The molecule has 2 rings (SSSR count). The van der Waals surface area contributed by atoms with Gasteiger partial charge in [-0.15, -0.1) is 0 Å². The Hall–Kier alpha value is -0.700. The first-order chi connectivity index (χ1) is 11.2. The fourth-order valence-electron chi connectivity index (χ4n) is 3.83. The third-order valence-corrected chi connectivity index (χ3v) is 6.48. The van der Waals surface area contributed by atoms with Crippen LogP contribution in [0.2, 0.25) is 0 Å². The highest BCUT2D eigenvalue weighted by Crippen LogP contribution is 2.28. The average Bonchev–Trinajstić information content (AvgIpc) is 2.84. The van der Waals surface area contributed by atoms with Crippen molar-refractivity contribution < 1.29 is 18.3 Å². The molecule has 2 aliphatic rings. The van der Waals surface area contributed by atoms with Gasteiger partial charge in [0.2, 0.25) is 15.9 Å². The van der Waals surface area contributed by atoms with Crippen molar-refractivity contribution in [1.29, 1.82) is 0 Å². The van der Waals surface area contributed by atoms with Gasteiger partial charge in [0.1, 0.15) is 0 Å². The minimum atomic E-state index is -3.34. The van der Waals surface area contributed by atoms with Gasteiger partial charge in [0.05, 0.1) is 17.8 Å². The lowest BCUT2D eigenvalue weighted by atomic mass is 9.93. The van der Waals surface area contributed by atoms with Crippen LogP contribution >= 0.6 is 0 Å². The highest BCUT2D eigenvalue weighted by molar-refractivity contribution is 7.88. The third kappa shape index (κ3) is 5.40. The average molecular weight is 362 g/mol. The van der Waals surface area contributed by atoms with E-state index in [2.05, 4.69) is 10.2 Å². The minimum Gasteiger partial charge on any atom is -0.389 e. The van der Waals surface area contributed by atoms with Gasteiger partial charge in [0.25, 0.3) is 0 Å². The molecule has 140 valence electrons. The molecule has 24 heavy (non-hydrogen) atoms. The normalized spacial score (nSPS) is 27.2. The highest BCUT2D eigenvalue weighted by atomic mass is 32.2. The van der Waals surface area contributed by atoms with Crippen LogP contribution in [0.1, 0.15) is 38.5 Å². The van der Waals surface area contributed by atoms with Gasteiger partial charge in [-0.05, 0) is 12.8 Å². The van der Waals surface area contributed by atoms with Crippen LogP contribution in [-0.4, -0.2) is 80.3 Å². The topological polar surface area (TPSA) is 90.0 Å². The summed E-state index contributed by atoms with van der Waals surface area (Å²) < 4.78 is 25.2. The summed E-state index contributed by atoms with van der Waals surface area (Å²) >= 11 is 0. The number of aliphatic hydroxyl groups is 1. The maximum atomic E-state index is 12.1. The number of rotatable bonds is 4. The lowest BCUT2D eigenvalue weighted by Gasteiger charge is -2.34. The Balaban J connectivity index is 2.10. The Morgan fingerprint density at radius 3 is 2.33 bits per heavy atom. The van der Waals surface area contributed by atoms with Crippen molar-refractivity contribution in [3.8, 4) is 0 Å². The number of carbonyl (C=O) groups is 1. The largest absolute Gasteiger partial charge is 0.389 e. The zero-order chi connectivity index (χ0) is 17.8. The highest BCUT2D eigenvalue weighted by Gasteiger charge is 2.35. The molecule has 1 atom stereocenters. The minimum absolute atomic E-state index is 0.150. The van der Waals surface area contributed by atoms with Crippen LogP contribution in [0.5, 0.6) is 0 Å². The summed E-state index contributed by atoms with van der Waals surface area (Å²) in [6.45, 7) is 2.10. The second-order valence-corrected chi connectivity index (χ2v) is 9.29. The molecule has 0 aromatic heterocycles. The van der Waals surface area contributed by atoms with Gasteiger partial charge >= 0.3 is 0 Å². The summed E-state index contributed by atoms with van der Waals surface area (Å²) in [6.07, 6.45) is 7.11. The van der Waals surface area contributed by atoms with E-state index in [1.807, 2.05) is 0 Å².